The summed E-state index contributed by atoms with van der Waals surface area (Å²) < 4.78 is 0. The van der Waals surface area contributed by atoms with Crippen LogP contribution in [-0.4, -0.2) is 130 Å². The van der Waals surface area contributed by atoms with Gasteiger partial charge in [-0.25, -0.2) is 15.2 Å². The number of carbonyl (C=O) groups is 5. The number of amides is 5. The summed E-state index contributed by atoms with van der Waals surface area (Å²) in [4.78, 5) is 63.6. The molecule has 0 spiro atoms. The van der Waals surface area contributed by atoms with E-state index >= 15 is 0 Å². The Kier molecular flexibility index (Phi) is 40.2. The second-order valence-electron chi connectivity index (χ2n) is 28.3. The van der Waals surface area contributed by atoms with E-state index in [4.69, 9.17) is 22.5 Å². The van der Waals surface area contributed by atoms with Crippen molar-refractivity contribution in [2.45, 2.75) is 219 Å². The molecular weight excluding hydrogens is 1370 g/mol. The molecule has 0 unspecified atom stereocenters. The molecule has 6 aromatic carbocycles. The summed E-state index contributed by atoms with van der Waals surface area (Å²) in [6, 6.07) is 65.0. The van der Waals surface area contributed by atoms with Crippen molar-refractivity contribution in [1.29, 1.82) is 0 Å². The maximum atomic E-state index is 12.8. The van der Waals surface area contributed by atoms with E-state index in [1.807, 2.05) is 0 Å². The summed E-state index contributed by atoms with van der Waals surface area (Å²) in [5.74, 6) is -8.45. The first kappa shape index (κ1) is 85.9. The minimum atomic E-state index is -3.22. The second kappa shape index (κ2) is 48.2. The van der Waals surface area contributed by atoms with Crippen LogP contribution in [0.5, 0.6) is 0 Å². The third-order valence-corrected chi connectivity index (χ3v) is 35.6. The molecule has 0 aromatic heterocycles. The van der Waals surface area contributed by atoms with Crippen molar-refractivity contribution in [3.8, 4) is 0 Å². The van der Waals surface area contributed by atoms with Gasteiger partial charge in [0.05, 0.1) is 0 Å². The van der Waals surface area contributed by atoms with Gasteiger partial charge in [-0.15, -0.1) is 0 Å². The van der Waals surface area contributed by atoms with Gasteiger partial charge in [-0.3, -0.25) is 39.6 Å². The molecule has 18 heteroatoms. The Labute approximate surface area is 627 Å². The van der Waals surface area contributed by atoms with Crippen molar-refractivity contribution < 1.29 is 39.6 Å². The maximum absolute atomic E-state index is 12.8. The Balaban J connectivity index is 0.849. The molecule has 566 valence electrons. The molecular formula is C85H124Cl2N6O8P2. The fraction of sp³-hybridized carbons (Fsp3) is 0.518. The van der Waals surface area contributed by atoms with Crippen molar-refractivity contribution in [2.75, 3.05) is 64.7 Å². The molecule has 0 fully saturated rings. The topological polar surface area (TPSA) is 183 Å². The second-order valence-corrected chi connectivity index (χ2v) is 41.5. The zero-order chi connectivity index (χ0) is 73.6. The zero-order valence-electron chi connectivity index (χ0n) is 62.0. The van der Waals surface area contributed by atoms with Crippen molar-refractivity contribution in [1.82, 2.24) is 30.7 Å². The van der Waals surface area contributed by atoms with Crippen LogP contribution in [0.1, 0.15) is 219 Å². The van der Waals surface area contributed by atoms with E-state index in [1.54, 1.807) is 0 Å². The van der Waals surface area contributed by atoms with Gasteiger partial charge in [0.2, 0.25) is 29.5 Å². The van der Waals surface area contributed by atoms with Crippen LogP contribution >= 0.6 is 34.4 Å². The van der Waals surface area contributed by atoms with E-state index in [-0.39, 0.29) is 57.1 Å². The Morgan fingerprint density at radius 1 is 0.291 bits per heavy atom. The van der Waals surface area contributed by atoms with Gasteiger partial charge in [0, 0.05) is 65.3 Å². The summed E-state index contributed by atoms with van der Waals surface area (Å²) in [5.41, 5.74) is 0. The Hall–Kier alpha value is -6.05. The zero-order valence-corrected chi connectivity index (χ0v) is 65.3. The Bertz CT molecular complexity index is 2960. The predicted octanol–water partition coefficient (Wildman–Crippen LogP) is 17.4. The number of hydroxylamine groups is 6. The van der Waals surface area contributed by atoms with E-state index in [9.17, 15) is 39.6 Å². The van der Waals surface area contributed by atoms with Gasteiger partial charge in [-0.1, -0.05) is 6.42 Å². The number of benzene rings is 6. The van der Waals surface area contributed by atoms with E-state index in [0.717, 1.165) is 62.7 Å². The third kappa shape index (κ3) is 28.6. The Morgan fingerprint density at radius 3 is 0.767 bits per heavy atom. The number of hydrogen-bond acceptors (Lipinski definition) is 9. The Morgan fingerprint density at radius 2 is 0.505 bits per heavy atom. The predicted molar refractivity (Wildman–Crippen MR) is 433 cm³/mol. The normalized spacial score (nSPS) is 12.4. The molecule has 0 heterocycles. The third-order valence-electron chi connectivity index (χ3n) is 20.5. The van der Waals surface area contributed by atoms with E-state index in [0.29, 0.717) is 68.2 Å². The van der Waals surface area contributed by atoms with Gasteiger partial charge >= 0.3 is 402 Å². The van der Waals surface area contributed by atoms with Crippen molar-refractivity contribution in [2.24, 2.45) is 0 Å². The standard InChI is InChI=1S/C85H124Cl2N6O8P2/c1-75(94)91(99)70-44-24-39-65-88-82(95)61-63-84(97)92(100)71-45-25-40-66-89-83(96)62-64-85(98)93(101)72-46-26-43-69-90(67-41-14-10-6-2-4-8-12-16-47-73-102(86,76-49-27-18-28-50-76,77-51-29-19-30-52-77)78-53-31-20-32-54-78)68-42-15-11-7-3-5-9-13-17-48-74-103(87,79-55-33-21-34-56-79,80-57-35-22-36-58-80)81-59-37-23-38-60-81/h18-23,27-38,49-60,99-101H,2-17,24-26,39-48,61-74H2,1H3,(H,88,95)(H,89,96). The van der Waals surface area contributed by atoms with Gasteiger partial charge in [0.1, 0.15) is 0 Å². The van der Waals surface area contributed by atoms with Gasteiger partial charge in [0.15, 0.2) is 0 Å². The molecule has 0 aliphatic carbocycles. The van der Waals surface area contributed by atoms with E-state index in [1.165, 1.54) is 154 Å². The molecule has 0 atom stereocenters. The minimum absolute atomic E-state index is 0.0292. The first-order chi connectivity index (χ1) is 50.1. The number of halogens is 2. The van der Waals surface area contributed by atoms with Gasteiger partial charge < -0.3 is 15.5 Å². The van der Waals surface area contributed by atoms with Gasteiger partial charge in [0.25, 0.3) is 0 Å². The molecule has 103 heavy (non-hydrogen) atoms. The number of hydrogen-bond donors (Lipinski definition) is 5. The molecule has 0 bridgehead atoms. The molecule has 5 amide bonds. The SMILES string of the molecule is CC(=O)N(O)CCCCCNC(=O)CCC(=O)N(O)CCCCCNC(=O)CCC(=O)N(O)CCCCCN(CCCCCCCCCCCCP(Cl)(c1ccccc1)(c1ccccc1)c1ccccc1)CCCCCCCCCCCCP(Cl)(c1ccccc1)(c1ccccc1)c1ccccc1. The van der Waals surface area contributed by atoms with Crippen LogP contribution < -0.4 is 42.5 Å². The molecule has 0 radical (unpaired) electrons. The molecule has 14 nitrogen and oxygen atoms in total. The fourth-order valence-electron chi connectivity index (χ4n) is 14.4. The average Bonchev–Trinajstić information content (AvgIpc) is 0.718. The van der Waals surface area contributed by atoms with Crippen molar-refractivity contribution >= 4 is 95.8 Å². The summed E-state index contributed by atoms with van der Waals surface area (Å²) >= 11 is 16.7. The van der Waals surface area contributed by atoms with Crippen molar-refractivity contribution in [3.63, 3.8) is 0 Å². The monoisotopic (exact) mass is 1490 g/mol. The molecule has 6 rings (SSSR count). The van der Waals surface area contributed by atoms with E-state index < -0.39 is 29.6 Å². The number of carbonyl (C=O) groups excluding carboxylic acids is 5. The molecule has 0 aliphatic rings. The van der Waals surface area contributed by atoms with Gasteiger partial charge in [-0.05, 0) is 57.9 Å². The summed E-state index contributed by atoms with van der Waals surface area (Å²) in [5, 5.41) is 45.3. The summed E-state index contributed by atoms with van der Waals surface area (Å²) in [7, 11) is 0. The molecule has 5 N–H and O–H groups in total. The summed E-state index contributed by atoms with van der Waals surface area (Å²) in [6.07, 6.45) is 32.4. The first-order valence-corrected chi connectivity index (χ1v) is 45.7. The summed E-state index contributed by atoms with van der Waals surface area (Å²) in [6.45, 7) is 5.82. The van der Waals surface area contributed by atoms with Crippen LogP contribution in [0.4, 0.5) is 0 Å². The number of rotatable bonds is 56. The molecule has 6 aromatic rings. The number of unbranched alkanes of at least 4 members (excludes halogenated alkanes) is 24. The average molecular weight is 1490 g/mol. The molecule has 0 saturated carbocycles. The van der Waals surface area contributed by atoms with Gasteiger partial charge in [-0.2, -0.15) is 0 Å². The van der Waals surface area contributed by atoms with Crippen LogP contribution in [-0.2, 0) is 24.0 Å². The van der Waals surface area contributed by atoms with Crippen LogP contribution in [0.2, 0.25) is 0 Å². The van der Waals surface area contributed by atoms with E-state index in [2.05, 4.69) is 198 Å². The van der Waals surface area contributed by atoms with Crippen LogP contribution in [0.25, 0.3) is 0 Å². The molecule has 0 saturated heterocycles. The van der Waals surface area contributed by atoms with Crippen LogP contribution in [0.15, 0.2) is 182 Å². The number of nitrogens with zero attached hydrogens (tertiary/aromatic N) is 4. The molecule has 0 aliphatic heterocycles. The number of nitrogens with one attached hydrogen (secondary N) is 2. The quantitative estimate of drug-likeness (QED) is 0.0107. The van der Waals surface area contributed by atoms with Crippen LogP contribution in [0, 0.1) is 0 Å². The van der Waals surface area contributed by atoms with Crippen LogP contribution in [0.3, 0.4) is 0 Å². The van der Waals surface area contributed by atoms with Crippen molar-refractivity contribution in [3.05, 3.63) is 182 Å². The first-order valence-electron chi connectivity index (χ1n) is 39.1. The fourth-order valence-corrected chi connectivity index (χ4v) is 26.9.